The van der Waals surface area contributed by atoms with E-state index < -0.39 is 15.7 Å². The SMILES string of the molecule is CS(=O)C(C)(O)c1ccc(-c2ccccc2)cc1. The molecule has 0 spiro atoms. The van der Waals surface area contributed by atoms with Crippen LogP contribution >= 0.6 is 0 Å². The summed E-state index contributed by atoms with van der Waals surface area (Å²) in [5.74, 6) is 0. The number of benzene rings is 2. The van der Waals surface area contributed by atoms with Crippen LogP contribution in [0.4, 0.5) is 0 Å². The fraction of sp³-hybridized carbons (Fsp3) is 0.200. The van der Waals surface area contributed by atoms with Gasteiger partial charge in [-0.15, -0.1) is 0 Å². The van der Waals surface area contributed by atoms with E-state index in [1.54, 1.807) is 6.92 Å². The minimum Gasteiger partial charge on any atom is -0.373 e. The summed E-state index contributed by atoms with van der Waals surface area (Å²) < 4.78 is 11.5. The quantitative estimate of drug-likeness (QED) is 0.921. The molecule has 0 radical (unpaired) electrons. The van der Waals surface area contributed by atoms with Crippen molar-refractivity contribution in [1.82, 2.24) is 0 Å². The van der Waals surface area contributed by atoms with Crippen LogP contribution in [0.5, 0.6) is 0 Å². The molecule has 0 aliphatic carbocycles. The van der Waals surface area contributed by atoms with Crippen molar-refractivity contribution >= 4 is 10.8 Å². The van der Waals surface area contributed by atoms with Crippen molar-refractivity contribution in [1.29, 1.82) is 0 Å². The largest absolute Gasteiger partial charge is 0.373 e. The van der Waals surface area contributed by atoms with Gasteiger partial charge in [0.1, 0.15) is 0 Å². The van der Waals surface area contributed by atoms with Crippen molar-refractivity contribution in [3.05, 3.63) is 60.2 Å². The van der Waals surface area contributed by atoms with Crippen LogP contribution < -0.4 is 0 Å². The standard InChI is InChI=1S/C15H16O2S/c1-15(16,18(2)17)14-10-8-13(9-11-14)12-6-4-3-5-7-12/h3-11,16H,1-2H3. The topological polar surface area (TPSA) is 37.3 Å². The highest BCUT2D eigenvalue weighted by Crippen LogP contribution is 2.26. The van der Waals surface area contributed by atoms with Crippen LogP contribution in [0.25, 0.3) is 11.1 Å². The van der Waals surface area contributed by atoms with Gasteiger partial charge in [-0.1, -0.05) is 54.6 Å². The van der Waals surface area contributed by atoms with Crippen LogP contribution in [0.1, 0.15) is 12.5 Å². The lowest BCUT2D eigenvalue weighted by Crippen LogP contribution is -2.26. The zero-order valence-corrected chi connectivity index (χ0v) is 11.3. The average molecular weight is 260 g/mol. The lowest BCUT2D eigenvalue weighted by Gasteiger charge is -2.21. The lowest BCUT2D eigenvalue weighted by molar-refractivity contribution is 0.153. The van der Waals surface area contributed by atoms with Crippen molar-refractivity contribution in [3.8, 4) is 11.1 Å². The first-order chi connectivity index (χ1) is 8.51. The number of rotatable bonds is 3. The Morgan fingerprint density at radius 1 is 0.944 bits per heavy atom. The van der Waals surface area contributed by atoms with E-state index in [-0.39, 0.29) is 0 Å². The van der Waals surface area contributed by atoms with Gasteiger partial charge in [0.25, 0.3) is 0 Å². The molecule has 2 nitrogen and oxygen atoms in total. The van der Waals surface area contributed by atoms with Crippen LogP contribution in [-0.4, -0.2) is 15.6 Å². The van der Waals surface area contributed by atoms with E-state index in [1.165, 1.54) is 6.26 Å². The van der Waals surface area contributed by atoms with Gasteiger partial charge in [0.15, 0.2) is 4.93 Å². The van der Waals surface area contributed by atoms with E-state index in [0.29, 0.717) is 5.56 Å². The van der Waals surface area contributed by atoms with E-state index in [2.05, 4.69) is 0 Å². The Morgan fingerprint density at radius 3 is 1.94 bits per heavy atom. The maximum Gasteiger partial charge on any atom is 0.161 e. The van der Waals surface area contributed by atoms with Crippen molar-refractivity contribution < 1.29 is 9.32 Å². The van der Waals surface area contributed by atoms with Gasteiger partial charge in [-0.2, -0.15) is 0 Å². The number of aliphatic hydroxyl groups is 1. The Kier molecular flexibility index (Phi) is 3.64. The van der Waals surface area contributed by atoms with Gasteiger partial charge < -0.3 is 5.11 Å². The maximum absolute atomic E-state index is 11.5. The van der Waals surface area contributed by atoms with Crippen molar-refractivity contribution in [2.45, 2.75) is 11.9 Å². The molecule has 2 unspecified atom stereocenters. The first-order valence-electron chi connectivity index (χ1n) is 5.73. The second-order valence-electron chi connectivity index (χ2n) is 4.38. The Hall–Kier alpha value is -1.45. The first kappa shape index (κ1) is 13.0. The van der Waals surface area contributed by atoms with Gasteiger partial charge in [0, 0.05) is 6.26 Å². The molecule has 0 bridgehead atoms. The van der Waals surface area contributed by atoms with E-state index in [4.69, 9.17) is 0 Å². The van der Waals surface area contributed by atoms with E-state index in [0.717, 1.165) is 11.1 Å². The molecule has 2 aromatic carbocycles. The van der Waals surface area contributed by atoms with E-state index in [1.807, 2.05) is 54.6 Å². The van der Waals surface area contributed by atoms with Crippen molar-refractivity contribution in [2.75, 3.05) is 6.26 Å². The van der Waals surface area contributed by atoms with Crippen LogP contribution in [0.15, 0.2) is 54.6 Å². The third kappa shape index (κ3) is 2.52. The third-order valence-electron chi connectivity index (χ3n) is 3.09. The molecule has 3 heteroatoms. The molecule has 0 aliphatic rings. The fourth-order valence-corrected chi connectivity index (χ4v) is 2.24. The number of hydrogen-bond acceptors (Lipinski definition) is 2. The molecule has 1 N–H and O–H groups in total. The Morgan fingerprint density at radius 2 is 1.44 bits per heavy atom. The minimum atomic E-state index is -1.32. The second-order valence-corrected chi connectivity index (χ2v) is 6.08. The molecule has 0 aliphatic heterocycles. The summed E-state index contributed by atoms with van der Waals surface area (Å²) in [6, 6.07) is 17.5. The first-order valence-corrected chi connectivity index (χ1v) is 7.29. The second kappa shape index (κ2) is 5.04. The van der Waals surface area contributed by atoms with Gasteiger partial charge in [0.2, 0.25) is 0 Å². The predicted octanol–water partition coefficient (Wildman–Crippen LogP) is 2.90. The molecule has 0 saturated carbocycles. The summed E-state index contributed by atoms with van der Waals surface area (Å²) >= 11 is 0. The van der Waals surface area contributed by atoms with E-state index >= 15 is 0 Å². The summed E-state index contributed by atoms with van der Waals surface area (Å²) in [7, 11) is -1.32. The molecule has 0 heterocycles. The normalized spacial score (nSPS) is 15.9. The van der Waals surface area contributed by atoms with Gasteiger partial charge >= 0.3 is 0 Å². The highest BCUT2D eigenvalue weighted by molar-refractivity contribution is 7.85. The summed E-state index contributed by atoms with van der Waals surface area (Å²) in [5.41, 5.74) is 2.88. The summed E-state index contributed by atoms with van der Waals surface area (Å²) in [4.78, 5) is -1.30. The highest BCUT2D eigenvalue weighted by Gasteiger charge is 2.27. The monoisotopic (exact) mass is 260 g/mol. The van der Waals surface area contributed by atoms with Crippen LogP contribution in [0, 0.1) is 0 Å². The molecule has 0 fully saturated rings. The summed E-state index contributed by atoms with van der Waals surface area (Å²) in [6.45, 7) is 1.57. The molecule has 2 atom stereocenters. The molecule has 2 aromatic rings. The minimum absolute atomic E-state index is 0.669. The Bertz CT molecular complexity index is 544. The fourth-order valence-electron chi connectivity index (χ4n) is 1.77. The molecule has 0 aromatic heterocycles. The number of hydrogen-bond donors (Lipinski definition) is 1. The van der Waals surface area contributed by atoms with Gasteiger partial charge in [-0.3, -0.25) is 4.21 Å². The highest BCUT2D eigenvalue weighted by atomic mass is 32.2. The van der Waals surface area contributed by atoms with Crippen molar-refractivity contribution in [2.24, 2.45) is 0 Å². The van der Waals surface area contributed by atoms with Gasteiger partial charge in [-0.05, 0) is 23.6 Å². The molecule has 0 amide bonds. The maximum atomic E-state index is 11.5. The third-order valence-corrected chi connectivity index (χ3v) is 4.44. The van der Waals surface area contributed by atoms with Crippen molar-refractivity contribution in [3.63, 3.8) is 0 Å². The smallest absolute Gasteiger partial charge is 0.161 e. The van der Waals surface area contributed by atoms with E-state index in [9.17, 15) is 9.32 Å². The van der Waals surface area contributed by atoms with Gasteiger partial charge in [0.05, 0.1) is 10.8 Å². The average Bonchev–Trinajstić information content (AvgIpc) is 2.40. The van der Waals surface area contributed by atoms with Gasteiger partial charge in [-0.25, -0.2) is 0 Å². The molecule has 18 heavy (non-hydrogen) atoms. The molecular formula is C15H16O2S. The summed E-state index contributed by atoms with van der Waals surface area (Å²) in [6.07, 6.45) is 1.51. The molecule has 0 saturated heterocycles. The zero-order valence-electron chi connectivity index (χ0n) is 10.5. The molecule has 94 valence electrons. The molecular weight excluding hydrogens is 244 g/mol. The Labute approximate surface area is 110 Å². The van der Waals surface area contributed by atoms with Crippen LogP contribution in [0.3, 0.4) is 0 Å². The lowest BCUT2D eigenvalue weighted by atomic mass is 10.0. The zero-order chi connectivity index (χ0) is 13.2. The van der Waals surface area contributed by atoms with Crippen LogP contribution in [0.2, 0.25) is 0 Å². The summed E-state index contributed by atoms with van der Waals surface area (Å²) in [5, 5.41) is 10.1. The Balaban J connectivity index is 2.35. The predicted molar refractivity (Wildman–Crippen MR) is 75.5 cm³/mol. The van der Waals surface area contributed by atoms with Crippen LogP contribution in [-0.2, 0) is 15.7 Å². The molecule has 2 rings (SSSR count).